The molecule has 0 bridgehead atoms. The lowest BCUT2D eigenvalue weighted by atomic mass is 10.1. The first kappa shape index (κ1) is 14.1. The van der Waals surface area contributed by atoms with Gasteiger partial charge < -0.3 is 4.74 Å². The number of Topliss-reactive ketones (excluding diaryl/α,β-unsaturated/α-hetero) is 1. The molecule has 3 nitrogen and oxygen atoms in total. The molecule has 0 saturated carbocycles. The summed E-state index contributed by atoms with van der Waals surface area (Å²) in [7, 11) is 0. The van der Waals surface area contributed by atoms with Crippen LogP contribution in [0.1, 0.15) is 22.8 Å². The molecule has 4 heteroatoms. The Kier molecular flexibility index (Phi) is 4.39. The topological polar surface area (TPSA) is 50.1 Å². The average Bonchev–Trinajstić information content (AvgIpc) is 2.47. The van der Waals surface area contributed by atoms with Crippen LogP contribution in [0.4, 0.5) is 0 Å². The van der Waals surface area contributed by atoms with Crippen molar-refractivity contribution in [1.82, 2.24) is 0 Å². The van der Waals surface area contributed by atoms with Gasteiger partial charge >= 0.3 is 0 Å². The van der Waals surface area contributed by atoms with Crippen molar-refractivity contribution in [2.75, 3.05) is 0 Å². The number of carbonyl (C=O) groups is 1. The highest BCUT2D eigenvalue weighted by atomic mass is 35.5. The molecule has 0 aliphatic rings. The average molecular weight is 286 g/mol. The van der Waals surface area contributed by atoms with Crippen LogP contribution in [0.5, 0.6) is 5.75 Å². The molecule has 2 aromatic rings. The summed E-state index contributed by atoms with van der Waals surface area (Å²) in [5, 5.41) is 9.49. The van der Waals surface area contributed by atoms with Crippen molar-refractivity contribution in [3.05, 3.63) is 64.7 Å². The highest BCUT2D eigenvalue weighted by Crippen LogP contribution is 2.20. The minimum absolute atomic E-state index is 0.180. The largest absolute Gasteiger partial charge is 0.481 e. The number of hydrogen-bond acceptors (Lipinski definition) is 3. The van der Waals surface area contributed by atoms with Crippen LogP contribution < -0.4 is 4.74 Å². The number of halogens is 1. The van der Waals surface area contributed by atoms with E-state index in [1.165, 1.54) is 0 Å². The molecule has 0 heterocycles. The van der Waals surface area contributed by atoms with Gasteiger partial charge in [-0.3, -0.25) is 4.79 Å². The van der Waals surface area contributed by atoms with Crippen molar-refractivity contribution >= 4 is 17.4 Å². The summed E-state index contributed by atoms with van der Waals surface area (Å²) >= 11 is 5.87. The predicted octanol–water partition coefficient (Wildman–Crippen LogP) is 3.86. The SMILES string of the molecule is CC(Oc1ccccc1C#N)C(=O)c1cccc(Cl)c1. The number of ether oxygens (including phenoxy) is 1. The van der Waals surface area contributed by atoms with Gasteiger partial charge in [-0.25, -0.2) is 0 Å². The smallest absolute Gasteiger partial charge is 0.203 e. The van der Waals surface area contributed by atoms with Crippen LogP contribution >= 0.6 is 11.6 Å². The van der Waals surface area contributed by atoms with Crippen molar-refractivity contribution in [1.29, 1.82) is 5.26 Å². The van der Waals surface area contributed by atoms with Gasteiger partial charge in [0.05, 0.1) is 5.56 Å². The number of hydrogen-bond donors (Lipinski definition) is 0. The van der Waals surface area contributed by atoms with Gasteiger partial charge in [0.1, 0.15) is 11.8 Å². The third-order valence-electron chi connectivity index (χ3n) is 2.79. The minimum Gasteiger partial charge on any atom is -0.481 e. The highest BCUT2D eigenvalue weighted by molar-refractivity contribution is 6.31. The molecule has 1 atom stereocenters. The van der Waals surface area contributed by atoms with Crippen LogP contribution in [0, 0.1) is 11.3 Å². The fourth-order valence-electron chi connectivity index (χ4n) is 1.78. The van der Waals surface area contributed by atoms with Crippen molar-refractivity contribution in [2.24, 2.45) is 0 Å². The van der Waals surface area contributed by atoms with E-state index in [9.17, 15) is 4.79 Å². The van der Waals surface area contributed by atoms with Crippen LogP contribution in [0.3, 0.4) is 0 Å². The Labute approximate surface area is 122 Å². The number of carbonyl (C=O) groups excluding carboxylic acids is 1. The van der Waals surface area contributed by atoms with Crippen LogP contribution in [0.15, 0.2) is 48.5 Å². The van der Waals surface area contributed by atoms with Gasteiger partial charge in [0.25, 0.3) is 0 Å². The summed E-state index contributed by atoms with van der Waals surface area (Å²) in [6, 6.07) is 15.5. The Morgan fingerprint density at radius 2 is 2.00 bits per heavy atom. The van der Waals surface area contributed by atoms with Crippen molar-refractivity contribution in [2.45, 2.75) is 13.0 Å². The molecule has 0 amide bonds. The fraction of sp³-hybridized carbons (Fsp3) is 0.125. The van der Waals surface area contributed by atoms with Crippen LogP contribution in [0.25, 0.3) is 0 Å². The molecule has 1 unspecified atom stereocenters. The fourth-order valence-corrected chi connectivity index (χ4v) is 1.97. The van der Waals surface area contributed by atoms with E-state index < -0.39 is 6.10 Å². The first-order chi connectivity index (χ1) is 9.61. The predicted molar refractivity (Wildman–Crippen MR) is 77.0 cm³/mol. The second-order valence-electron chi connectivity index (χ2n) is 4.24. The lowest BCUT2D eigenvalue weighted by molar-refractivity contribution is 0.0818. The number of nitrogens with zero attached hydrogens (tertiary/aromatic N) is 1. The van der Waals surface area contributed by atoms with Crippen LogP contribution in [-0.2, 0) is 0 Å². The zero-order chi connectivity index (χ0) is 14.5. The van der Waals surface area contributed by atoms with E-state index in [-0.39, 0.29) is 5.78 Å². The molecule has 2 rings (SSSR count). The van der Waals surface area contributed by atoms with Crippen molar-refractivity contribution in [3.63, 3.8) is 0 Å². The maximum atomic E-state index is 12.2. The molecule has 0 aromatic heterocycles. The van der Waals surface area contributed by atoms with Crippen molar-refractivity contribution < 1.29 is 9.53 Å². The van der Waals surface area contributed by atoms with E-state index in [0.29, 0.717) is 21.9 Å². The van der Waals surface area contributed by atoms with Gasteiger partial charge in [-0.1, -0.05) is 35.9 Å². The molecule has 0 aliphatic carbocycles. The maximum Gasteiger partial charge on any atom is 0.203 e. The Morgan fingerprint density at radius 3 is 2.70 bits per heavy atom. The summed E-state index contributed by atoms with van der Waals surface area (Å²) < 4.78 is 5.58. The lowest BCUT2D eigenvalue weighted by Gasteiger charge is -2.14. The quantitative estimate of drug-likeness (QED) is 0.802. The summed E-state index contributed by atoms with van der Waals surface area (Å²) in [4.78, 5) is 12.2. The molecule has 0 spiro atoms. The number of rotatable bonds is 4. The number of benzene rings is 2. The Balaban J connectivity index is 2.18. The first-order valence-electron chi connectivity index (χ1n) is 6.07. The van der Waals surface area contributed by atoms with E-state index in [1.54, 1.807) is 55.5 Å². The van der Waals surface area contributed by atoms with Gasteiger partial charge in [0.15, 0.2) is 6.10 Å². The second-order valence-corrected chi connectivity index (χ2v) is 4.68. The monoisotopic (exact) mass is 285 g/mol. The summed E-state index contributed by atoms with van der Waals surface area (Å²) in [6.45, 7) is 1.65. The zero-order valence-electron chi connectivity index (χ0n) is 10.8. The van der Waals surface area contributed by atoms with E-state index in [4.69, 9.17) is 21.6 Å². The lowest BCUT2D eigenvalue weighted by Crippen LogP contribution is -2.24. The van der Waals surface area contributed by atoms with E-state index >= 15 is 0 Å². The summed E-state index contributed by atoms with van der Waals surface area (Å²) in [6.07, 6.45) is -0.692. The minimum atomic E-state index is -0.692. The molecule has 2 aromatic carbocycles. The molecule has 0 aliphatic heterocycles. The normalized spacial score (nSPS) is 11.4. The van der Waals surface area contributed by atoms with Gasteiger partial charge in [0.2, 0.25) is 5.78 Å². The molecule has 0 N–H and O–H groups in total. The van der Waals surface area contributed by atoms with Crippen molar-refractivity contribution in [3.8, 4) is 11.8 Å². The number of nitriles is 1. The molecule has 0 radical (unpaired) electrons. The van der Waals surface area contributed by atoms with Gasteiger partial charge in [0, 0.05) is 10.6 Å². The Bertz CT molecular complexity index is 676. The molecular weight excluding hydrogens is 274 g/mol. The first-order valence-corrected chi connectivity index (χ1v) is 6.45. The zero-order valence-corrected chi connectivity index (χ0v) is 11.6. The van der Waals surface area contributed by atoms with Crippen LogP contribution in [-0.4, -0.2) is 11.9 Å². The van der Waals surface area contributed by atoms with E-state index in [0.717, 1.165) is 0 Å². The standard InChI is InChI=1S/C16H12ClNO2/c1-11(16(19)12-6-4-7-14(17)9-12)20-15-8-3-2-5-13(15)10-18/h2-9,11H,1H3. The van der Waals surface area contributed by atoms with Crippen LogP contribution in [0.2, 0.25) is 5.02 Å². The highest BCUT2D eigenvalue weighted by Gasteiger charge is 2.18. The molecular formula is C16H12ClNO2. The second kappa shape index (κ2) is 6.23. The molecule has 0 fully saturated rings. The molecule has 20 heavy (non-hydrogen) atoms. The van der Waals surface area contributed by atoms with Gasteiger partial charge in [-0.2, -0.15) is 5.26 Å². The Hall–Kier alpha value is -2.31. The van der Waals surface area contributed by atoms with E-state index in [2.05, 4.69) is 0 Å². The van der Waals surface area contributed by atoms with E-state index in [1.807, 2.05) is 6.07 Å². The molecule has 0 saturated heterocycles. The number of ketones is 1. The summed E-state index contributed by atoms with van der Waals surface area (Å²) in [5.74, 6) is 0.220. The third kappa shape index (κ3) is 3.17. The Morgan fingerprint density at radius 1 is 1.25 bits per heavy atom. The maximum absolute atomic E-state index is 12.2. The molecule has 100 valence electrons. The number of para-hydroxylation sites is 1. The third-order valence-corrected chi connectivity index (χ3v) is 3.02. The summed E-state index contributed by atoms with van der Waals surface area (Å²) in [5.41, 5.74) is 0.887. The van der Waals surface area contributed by atoms with Gasteiger partial charge in [-0.15, -0.1) is 0 Å². The van der Waals surface area contributed by atoms with Gasteiger partial charge in [-0.05, 0) is 31.2 Å².